The summed E-state index contributed by atoms with van der Waals surface area (Å²) >= 11 is 0. The second kappa shape index (κ2) is 11.7. The van der Waals surface area contributed by atoms with E-state index in [1.165, 1.54) is 12.7 Å². The van der Waals surface area contributed by atoms with Crippen molar-refractivity contribution < 1.29 is 14.3 Å². The summed E-state index contributed by atoms with van der Waals surface area (Å²) in [6.07, 6.45) is 2.29. The molecular weight excluding hydrogens is 450 g/mol. The van der Waals surface area contributed by atoms with Crippen LogP contribution in [0, 0.1) is 17.2 Å². The molecule has 3 aromatic carbocycles. The van der Waals surface area contributed by atoms with Crippen LogP contribution in [0.5, 0.6) is 0 Å². The predicted octanol–water partition coefficient (Wildman–Crippen LogP) is 4.64. The highest BCUT2D eigenvalue weighted by Gasteiger charge is 2.43. The number of aryl methyl sites for hydroxylation is 1. The van der Waals surface area contributed by atoms with E-state index in [4.69, 9.17) is 15.7 Å². The van der Waals surface area contributed by atoms with Crippen LogP contribution in [0.25, 0.3) is 11.1 Å². The average molecular weight is 482 g/mol. The minimum Gasteiger partial charge on any atom is -0.469 e. The lowest BCUT2D eigenvalue weighted by molar-refractivity contribution is -0.144. The summed E-state index contributed by atoms with van der Waals surface area (Å²) in [5.41, 5.74) is 11.6. The zero-order valence-corrected chi connectivity index (χ0v) is 20.5. The van der Waals surface area contributed by atoms with Crippen LogP contribution < -0.4 is 5.73 Å². The molecule has 6 nitrogen and oxygen atoms in total. The number of esters is 1. The van der Waals surface area contributed by atoms with Gasteiger partial charge in [-0.3, -0.25) is 9.59 Å². The van der Waals surface area contributed by atoms with E-state index in [1.54, 1.807) is 12.1 Å². The number of methoxy groups -OCH3 is 1. The zero-order chi connectivity index (χ0) is 25.5. The number of ether oxygens (including phenoxy) is 1. The second-order valence-corrected chi connectivity index (χ2v) is 9.24. The number of hydrogen-bond donors (Lipinski definition) is 1. The Morgan fingerprint density at radius 2 is 1.69 bits per heavy atom. The summed E-state index contributed by atoms with van der Waals surface area (Å²) in [6.45, 7) is 0.590. The van der Waals surface area contributed by atoms with Crippen LogP contribution in [0.3, 0.4) is 0 Å². The van der Waals surface area contributed by atoms with Crippen molar-refractivity contribution in [3.8, 4) is 17.2 Å². The van der Waals surface area contributed by atoms with Gasteiger partial charge in [0.2, 0.25) is 5.91 Å². The first kappa shape index (κ1) is 25.2. The van der Waals surface area contributed by atoms with E-state index in [9.17, 15) is 9.59 Å². The third-order valence-electron chi connectivity index (χ3n) is 6.96. The molecule has 1 aliphatic heterocycles. The molecule has 6 heteroatoms. The molecule has 1 saturated heterocycles. The van der Waals surface area contributed by atoms with E-state index in [0.29, 0.717) is 18.5 Å². The van der Waals surface area contributed by atoms with Gasteiger partial charge in [-0.1, -0.05) is 66.7 Å². The van der Waals surface area contributed by atoms with Crippen LogP contribution in [0.2, 0.25) is 0 Å². The molecule has 0 aromatic heterocycles. The van der Waals surface area contributed by atoms with Crippen LogP contribution in [0.4, 0.5) is 0 Å². The van der Waals surface area contributed by atoms with E-state index < -0.39 is 5.92 Å². The molecule has 0 radical (unpaired) electrons. The van der Waals surface area contributed by atoms with Gasteiger partial charge in [-0.25, -0.2) is 0 Å². The lowest BCUT2D eigenvalue weighted by Gasteiger charge is -2.30. The molecule has 1 heterocycles. The number of rotatable bonds is 9. The van der Waals surface area contributed by atoms with Gasteiger partial charge in [-0.2, -0.15) is 5.26 Å². The number of nitrogens with zero attached hydrogens (tertiary/aromatic N) is 2. The first-order valence-corrected chi connectivity index (χ1v) is 12.3. The molecule has 0 aliphatic carbocycles. The molecule has 3 aromatic rings. The van der Waals surface area contributed by atoms with E-state index in [1.807, 2.05) is 59.5 Å². The van der Waals surface area contributed by atoms with E-state index in [0.717, 1.165) is 29.5 Å². The van der Waals surface area contributed by atoms with E-state index >= 15 is 0 Å². The Bertz CT molecular complexity index is 1220. The summed E-state index contributed by atoms with van der Waals surface area (Å²) < 4.78 is 4.83. The number of benzene rings is 3. The SMILES string of the molecule is COC(=O)C[C@@H]1C[C@@H](C(N)c2ccc(-c3ccc(C#N)cc3)cc2)N(CCCc2ccccc2)C1=O. The second-order valence-electron chi connectivity index (χ2n) is 9.24. The Morgan fingerprint density at radius 3 is 2.31 bits per heavy atom. The molecule has 0 saturated carbocycles. The Labute approximate surface area is 212 Å². The molecule has 1 unspecified atom stereocenters. The van der Waals surface area contributed by atoms with Gasteiger partial charge in [0.1, 0.15) is 0 Å². The standard InChI is InChI=1S/C30H31N3O3/c1-36-28(34)19-26-18-27(33(30(26)35)17-5-8-21-6-3-2-4-7-21)29(32)25-15-13-24(14-16-25)23-11-9-22(20-31)10-12-23/h2-4,6-7,9-16,26-27,29H,5,8,17-19,32H2,1H3/t26-,27-,29?/m0/s1. The van der Waals surface area contributed by atoms with Gasteiger partial charge in [-0.15, -0.1) is 0 Å². The van der Waals surface area contributed by atoms with Crippen molar-refractivity contribution in [1.82, 2.24) is 4.90 Å². The van der Waals surface area contributed by atoms with Crippen molar-refractivity contribution in [3.63, 3.8) is 0 Å². The number of nitrogens with two attached hydrogens (primary N) is 1. The normalized spacial score (nSPS) is 18.0. The smallest absolute Gasteiger partial charge is 0.306 e. The number of carbonyl (C=O) groups excluding carboxylic acids is 2. The van der Waals surface area contributed by atoms with Gasteiger partial charge >= 0.3 is 5.97 Å². The minimum absolute atomic E-state index is 0.0249. The van der Waals surface area contributed by atoms with Gasteiger partial charge in [0, 0.05) is 6.54 Å². The van der Waals surface area contributed by atoms with Gasteiger partial charge in [0.05, 0.1) is 43.2 Å². The Balaban J connectivity index is 1.49. The number of amides is 1. The fourth-order valence-corrected chi connectivity index (χ4v) is 4.94. The highest BCUT2D eigenvalue weighted by atomic mass is 16.5. The molecule has 1 fully saturated rings. The molecule has 4 rings (SSSR count). The quantitative estimate of drug-likeness (QED) is 0.449. The number of hydrogen-bond acceptors (Lipinski definition) is 5. The Morgan fingerprint density at radius 1 is 1.06 bits per heavy atom. The summed E-state index contributed by atoms with van der Waals surface area (Å²) in [4.78, 5) is 27.1. The maximum absolute atomic E-state index is 13.3. The fourth-order valence-electron chi connectivity index (χ4n) is 4.94. The maximum atomic E-state index is 13.3. The van der Waals surface area contributed by atoms with Gasteiger partial charge in [0.15, 0.2) is 0 Å². The molecule has 0 bridgehead atoms. The van der Waals surface area contributed by atoms with Crippen molar-refractivity contribution >= 4 is 11.9 Å². The van der Waals surface area contributed by atoms with Gasteiger partial charge in [-0.05, 0) is 53.6 Å². The average Bonchev–Trinajstić information content (AvgIpc) is 3.23. The third kappa shape index (κ3) is 5.81. The van der Waals surface area contributed by atoms with Crippen molar-refractivity contribution in [2.45, 2.75) is 37.8 Å². The molecule has 184 valence electrons. The molecular formula is C30H31N3O3. The highest BCUT2D eigenvalue weighted by Crippen LogP contribution is 2.35. The van der Waals surface area contributed by atoms with Crippen LogP contribution in [0.1, 0.15) is 42.0 Å². The molecule has 3 atom stereocenters. The van der Waals surface area contributed by atoms with Gasteiger partial charge < -0.3 is 15.4 Å². The van der Waals surface area contributed by atoms with Gasteiger partial charge in [0.25, 0.3) is 0 Å². The monoisotopic (exact) mass is 481 g/mol. The van der Waals surface area contributed by atoms with Crippen molar-refractivity contribution in [1.29, 1.82) is 5.26 Å². The lowest BCUT2D eigenvalue weighted by atomic mass is 9.92. The van der Waals surface area contributed by atoms with Crippen molar-refractivity contribution in [3.05, 3.63) is 95.6 Å². The molecule has 36 heavy (non-hydrogen) atoms. The van der Waals surface area contributed by atoms with Crippen LogP contribution in [0.15, 0.2) is 78.9 Å². The lowest BCUT2D eigenvalue weighted by Crippen LogP contribution is -2.41. The first-order valence-electron chi connectivity index (χ1n) is 12.3. The summed E-state index contributed by atoms with van der Waals surface area (Å²) in [6, 6.07) is 27.2. The minimum atomic E-state index is -0.414. The summed E-state index contributed by atoms with van der Waals surface area (Å²) in [5, 5.41) is 9.02. The highest BCUT2D eigenvalue weighted by molar-refractivity contribution is 5.86. The van der Waals surface area contributed by atoms with Crippen molar-refractivity contribution in [2.24, 2.45) is 11.7 Å². The maximum Gasteiger partial charge on any atom is 0.306 e. The van der Waals surface area contributed by atoms with Crippen LogP contribution in [-0.2, 0) is 20.7 Å². The van der Waals surface area contributed by atoms with Crippen LogP contribution in [-0.4, -0.2) is 36.5 Å². The first-order chi connectivity index (χ1) is 17.5. The predicted molar refractivity (Wildman–Crippen MR) is 139 cm³/mol. The third-order valence-corrected chi connectivity index (χ3v) is 6.96. The Hall–Kier alpha value is -3.95. The number of nitriles is 1. The summed E-state index contributed by atoms with van der Waals surface area (Å²) in [7, 11) is 1.35. The fraction of sp³-hybridized carbons (Fsp3) is 0.300. The van der Waals surface area contributed by atoms with E-state index in [2.05, 4.69) is 18.2 Å². The van der Waals surface area contributed by atoms with Crippen molar-refractivity contribution in [2.75, 3.05) is 13.7 Å². The number of carbonyl (C=O) groups is 2. The summed E-state index contributed by atoms with van der Waals surface area (Å²) in [5.74, 6) is -0.815. The molecule has 1 aliphatic rings. The zero-order valence-electron chi connectivity index (χ0n) is 20.5. The van der Waals surface area contributed by atoms with E-state index in [-0.39, 0.29) is 30.4 Å². The topological polar surface area (TPSA) is 96.4 Å². The van der Waals surface area contributed by atoms with Crippen LogP contribution >= 0.6 is 0 Å². The largest absolute Gasteiger partial charge is 0.469 e. The number of likely N-dealkylation sites (tertiary alicyclic amines) is 1. The Kier molecular flexibility index (Phi) is 8.14. The molecule has 0 spiro atoms. The molecule has 2 N–H and O–H groups in total. The molecule has 1 amide bonds.